The van der Waals surface area contributed by atoms with Crippen LogP contribution in [0.5, 0.6) is 0 Å². The molecule has 0 bridgehead atoms. The molecule has 7 heteroatoms. The van der Waals surface area contributed by atoms with E-state index in [9.17, 15) is 9.59 Å². The van der Waals surface area contributed by atoms with E-state index in [0.717, 1.165) is 31.4 Å². The first-order valence-electron chi connectivity index (χ1n) is 11.7. The van der Waals surface area contributed by atoms with Crippen molar-refractivity contribution in [2.75, 3.05) is 19.6 Å². The molecule has 2 saturated heterocycles. The van der Waals surface area contributed by atoms with Crippen LogP contribution in [0.2, 0.25) is 0 Å². The zero-order valence-electron chi connectivity index (χ0n) is 18.2. The van der Waals surface area contributed by atoms with Crippen molar-refractivity contribution in [3.8, 4) is 0 Å². The van der Waals surface area contributed by atoms with Crippen LogP contribution in [0.3, 0.4) is 0 Å². The lowest BCUT2D eigenvalue weighted by atomic mass is 9.78. The lowest BCUT2D eigenvalue weighted by molar-refractivity contribution is 0.0391. The molecular weight excluding hydrogens is 410 g/mol. The van der Waals surface area contributed by atoms with Gasteiger partial charge in [0.05, 0.1) is 5.56 Å². The summed E-state index contributed by atoms with van der Waals surface area (Å²) < 4.78 is 5.04. The largest absolute Gasteiger partial charge is 0.361 e. The van der Waals surface area contributed by atoms with E-state index >= 15 is 0 Å². The van der Waals surface area contributed by atoms with E-state index in [-0.39, 0.29) is 11.8 Å². The van der Waals surface area contributed by atoms with Gasteiger partial charge in [0.2, 0.25) is 0 Å². The maximum absolute atomic E-state index is 13.3. The number of nitrogens with zero attached hydrogens (tertiary/aromatic N) is 3. The summed E-state index contributed by atoms with van der Waals surface area (Å²) in [5, 5.41) is 5.91. The van der Waals surface area contributed by atoms with Gasteiger partial charge in [0.25, 0.3) is 11.8 Å². The van der Waals surface area contributed by atoms with E-state index < -0.39 is 0 Å². The molecule has 1 saturated carbocycles. The van der Waals surface area contributed by atoms with Crippen LogP contribution in [-0.4, -0.2) is 52.4 Å². The first kappa shape index (κ1) is 20.7. The summed E-state index contributed by atoms with van der Waals surface area (Å²) in [5.41, 5.74) is 1.25. The Labute approximate surface area is 187 Å². The number of rotatable bonds is 3. The predicted molar refractivity (Wildman–Crippen MR) is 119 cm³/mol. The molecule has 1 aliphatic carbocycles. The van der Waals surface area contributed by atoms with Crippen molar-refractivity contribution in [2.24, 2.45) is 5.92 Å². The Morgan fingerprint density at radius 3 is 2.55 bits per heavy atom. The number of aromatic nitrogens is 1. The number of likely N-dealkylation sites (tertiary alicyclic amines) is 2. The summed E-state index contributed by atoms with van der Waals surface area (Å²) in [6.07, 6.45) is 9.31. The maximum Gasteiger partial charge on any atom is 0.276 e. The van der Waals surface area contributed by atoms with Gasteiger partial charge in [0.1, 0.15) is 5.76 Å². The fourth-order valence-electron chi connectivity index (χ4n) is 5.72. The standard InChI is InChI=1S/C24H31N3O3S/c1-16-13-20(25-30-16)24(29)26-11-8-18(9-12-26)22-14-19(15-31-22)23(28)27-10-4-6-17-5-2-3-7-21(17)27/h13-15,17-18,21H,2-12H2,1H3. The second kappa shape index (κ2) is 8.77. The number of aryl methyl sites for hydroxylation is 1. The molecule has 0 radical (unpaired) electrons. The second-order valence-corrected chi connectivity index (χ2v) is 10.3. The summed E-state index contributed by atoms with van der Waals surface area (Å²) >= 11 is 1.71. The number of amides is 2. The third-order valence-electron chi connectivity index (χ3n) is 7.40. The molecule has 4 heterocycles. The molecule has 0 spiro atoms. The van der Waals surface area contributed by atoms with Gasteiger partial charge in [-0.1, -0.05) is 18.0 Å². The van der Waals surface area contributed by atoms with Gasteiger partial charge in [-0.15, -0.1) is 11.3 Å². The highest BCUT2D eigenvalue weighted by Crippen LogP contribution is 2.37. The molecule has 0 N–H and O–H groups in total. The Morgan fingerprint density at radius 1 is 1.00 bits per heavy atom. The molecule has 2 unspecified atom stereocenters. The Morgan fingerprint density at radius 2 is 1.77 bits per heavy atom. The minimum absolute atomic E-state index is 0.0514. The van der Waals surface area contributed by atoms with Gasteiger partial charge in [-0.25, -0.2) is 0 Å². The second-order valence-electron chi connectivity index (χ2n) is 9.38. The number of hydrogen-bond acceptors (Lipinski definition) is 5. The molecule has 2 aromatic rings. The average molecular weight is 442 g/mol. The third kappa shape index (κ3) is 4.16. The molecule has 3 fully saturated rings. The van der Waals surface area contributed by atoms with Crippen LogP contribution >= 0.6 is 11.3 Å². The van der Waals surface area contributed by atoms with Gasteiger partial charge in [-0.05, 0) is 63.4 Å². The van der Waals surface area contributed by atoms with E-state index in [1.807, 2.05) is 4.90 Å². The molecule has 3 aliphatic rings. The Bertz CT molecular complexity index is 942. The van der Waals surface area contributed by atoms with Gasteiger partial charge in [0.15, 0.2) is 5.69 Å². The van der Waals surface area contributed by atoms with Crippen LogP contribution in [0, 0.1) is 12.8 Å². The summed E-state index contributed by atoms with van der Waals surface area (Å²) in [7, 11) is 0. The zero-order chi connectivity index (χ0) is 21.4. The minimum Gasteiger partial charge on any atom is -0.361 e. The van der Waals surface area contributed by atoms with Crippen molar-refractivity contribution in [1.82, 2.24) is 15.0 Å². The Balaban J connectivity index is 1.21. The molecule has 2 aromatic heterocycles. The maximum atomic E-state index is 13.3. The van der Waals surface area contributed by atoms with Crippen molar-refractivity contribution in [1.29, 1.82) is 0 Å². The number of hydrogen-bond donors (Lipinski definition) is 0. The number of carbonyl (C=O) groups is 2. The smallest absolute Gasteiger partial charge is 0.276 e. The number of thiophene rings is 1. The molecule has 0 aromatic carbocycles. The minimum atomic E-state index is -0.0514. The van der Waals surface area contributed by atoms with Gasteiger partial charge in [-0.2, -0.15) is 0 Å². The van der Waals surface area contributed by atoms with Gasteiger partial charge in [0, 0.05) is 42.0 Å². The topological polar surface area (TPSA) is 66.7 Å². The van der Waals surface area contributed by atoms with Crippen molar-refractivity contribution in [3.63, 3.8) is 0 Å². The molecule has 2 atom stereocenters. The van der Waals surface area contributed by atoms with E-state index in [1.165, 1.54) is 37.0 Å². The molecule has 5 rings (SSSR count). The number of fused-ring (bicyclic) bond motifs is 1. The highest BCUT2D eigenvalue weighted by molar-refractivity contribution is 7.10. The van der Waals surface area contributed by atoms with Crippen LogP contribution < -0.4 is 0 Å². The summed E-state index contributed by atoms with van der Waals surface area (Å²) in [5.74, 6) is 1.96. The summed E-state index contributed by atoms with van der Waals surface area (Å²) in [6, 6.07) is 4.28. The molecular formula is C24H31N3O3S. The summed E-state index contributed by atoms with van der Waals surface area (Å²) in [6.45, 7) is 4.14. The van der Waals surface area contributed by atoms with Crippen molar-refractivity contribution in [2.45, 2.75) is 70.3 Å². The zero-order valence-corrected chi connectivity index (χ0v) is 19.0. The highest BCUT2D eigenvalue weighted by atomic mass is 32.1. The van der Waals surface area contributed by atoms with Crippen molar-refractivity contribution >= 4 is 23.2 Å². The van der Waals surface area contributed by atoms with Crippen molar-refractivity contribution < 1.29 is 14.1 Å². The van der Waals surface area contributed by atoms with E-state index in [2.05, 4.69) is 21.5 Å². The fourth-order valence-corrected chi connectivity index (χ4v) is 6.77. The molecule has 6 nitrogen and oxygen atoms in total. The van der Waals surface area contributed by atoms with Crippen LogP contribution in [-0.2, 0) is 0 Å². The lowest BCUT2D eigenvalue weighted by Crippen LogP contribution is -2.49. The van der Waals surface area contributed by atoms with Gasteiger partial charge in [-0.3, -0.25) is 9.59 Å². The van der Waals surface area contributed by atoms with Crippen LogP contribution in [0.25, 0.3) is 0 Å². The molecule has 2 aliphatic heterocycles. The Kier molecular flexibility index (Phi) is 5.87. The quantitative estimate of drug-likeness (QED) is 0.682. The first-order valence-corrected chi connectivity index (χ1v) is 12.6. The normalized spacial score (nSPS) is 24.8. The lowest BCUT2D eigenvalue weighted by Gasteiger charge is -2.44. The summed E-state index contributed by atoms with van der Waals surface area (Å²) in [4.78, 5) is 31.2. The fraction of sp³-hybridized carbons (Fsp3) is 0.625. The molecule has 2 amide bonds. The first-order chi connectivity index (χ1) is 15.1. The number of carbonyl (C=O) groups excluding carboxylic acids is 2. The van der Waals surface area contributed by atoms with Crippen molar-refractivity contribution in [3.05, 3.63) is 39.4 Å². The van der Waals surface area contributed by atoms with Crippen LogP contribution in [0.15, 0.2) is 22.0 Å². The van der Waals surface area contributed by atoms with Gasteiger partial charge < -0.3 is 14.3 Å². The van der Waals surface area contributed by atoms with E-state index in [4.69, 9.17) is 4.52 Å². The van der Waals surface area contributed by atoms with Gasteiger partial charge >= 0.3 is 0 Å². The SMILES string of the molecule is Cc1cc(C(=O)N2CCC(c3cc(C(=O)N4CCCC5CCCCC54)cs3)CC2)no1. The highest BCUT2D eigenvalue weighted by Gasteiger charge is 2.36. The molecule has 31 heavy (non-hydrogen) atoms. The monoisotopic (exact) mass is 441 g/mol. The van der Waals surface area contributed by atoms with Crippen LogP contribution in [0.1, 0.15) is 88.8 Å². The predicted octanol–water partition coefficient (Wildman–Crippen LogP) is 4.86. The molecule has 166 valence electrons. The van der Waals surface area contributed by atoms with E-state index in [1.54, 1.807) is 24.3 Å². The third-order valence-corrected chi connectivity index (χ3v) is 8.50. The van der Waals surface area contributed by atoms with Crippen LogP contribution in [0.4, 0.5) is 0 Å². The number of piperidine rings is 2. The van der Waals surface area contributed by atoms with E-state index in [0.29, 0.717) is 42.4 Å². The Hall–Kier alpha value is -2.15. The average Bonchev–Trinajstić information content (AvgIpc) is 3.47.